The van der Waals surface area contributed by atoms with Gasteiger partial charge in [-0.1, -0.05) is 13.3 Å². The zero-order valence-electron chi connectivity index (χ0n) is 17.5. The molecule has 28 heavy (non-hydrogen) atoms. The maximum atomic E-state index is 10.8. The van der Waals surface area contributed by atoms with Crippen LogP contribution in [-0.4, -0.2) is 106 Å². The molecule has 0 spiro atoms. The average Bonchev–Trinajstić information content (AvgIpc) is 2.71. The molecule has 0 rings (SSSR count). The van der Waals surface area contributed by atoms with Crippen molar-refractivity contribution < 1.29 is 42.7 Å². The first kappa shape index (κ1) is 27.2. The molecular weight excluding hydrogens is 372 g/mol. The average molecular weight is 411 g/mol. The van der Waals surface area contributed by atoms with E-state index in [4.69, 9.17) is 33.2 Å². The summed E-state index contributed by atoms with van der Waals surface area (Å²) >= 11 is 0. The molecule has 0 aliphatic carbocycles. The minimum absolute atomic E-state index is 0.0570. The van der Waals surface area contributed by atoms with Gasteiger partial charge in [0.05, 0.1) is 86.4 Å². The molecule has 0 heterocycles. The van der Waals surface area contributed by atoms with Crippen molar-refractivity contribution in [1.82, 2.24) is 0 Å². The summed E-state index contributed by atoms with van der Waals surface area (Å²) in [6, 6.07) is 0. The molecule has 0 aromatic rings. The maximum absolute atomic E-state index is 10.8. The number of ether oxygens (including phenoxy) is 8. The molecule has 0 N–H and O–H groups in total. The van der Waals surface area contributed by atoms with Gasteiger partial charge in [0.1, 0.15) is 6.61 Å². The number of hydrogen-bond acceptors (Lipinski definition) is 9. The Balaban J connectivity index is 3.00. The number of hydrogen-bond donors (Lipinski definition) is 0. The molecule has 9 nitrogen and oxygen atoms in total. The fourth-order valence-electron chi connectivity index (χ4n) is 1.78. The molecule has 9 heteroatoms. The van der Waals surface area contributed by atoms with Crippen molar-refractivity contribution >= 4 is 5.97 Å². The number of methoxy groups -OCH3 is 1. The van der Waals surface area contributed by atoms with Crippen LogP contribution in [0.25, 0.3) is 0 Å². The van der Waals surface area contributed by atoms with Crippen LogP contribution in [0.5, 0.6) is 0 Å². The van der Waals surface area contributed by atoms with Crippen LogP contribution in [0.1, 0.15) is 19.8 Å². The van der Waals surface area contributed by atoms with E-state index >= 15 is 0 Å². The number of esters is 1. The Morgan fingerprint density at radius 1 is 0.536 bits per heavy atom. The van der Waals surface area contributed by atoms with Gasteiger partial charge in [-0.3, -0.25) is 0 Å². The summed E-state index contributed by atoms with van der Waals surface area (Å²) in [6.07, 6.45) is 2.24. The van der Waals surface area contributed by atoms with E-state index < -0.39 is 5.97 Å². The van der Waals surface area contributed by atoms with Gasteiger partial charge in [-0.05, 0) is 6.42 Å². The Kier molecular flexibility index (Phi) is 23.5. The summed E-state index contributed by atoms with van der Waals surface area (Å²) in [5.41, 5.74) is 0. The summed E-state index contributed by atoms with van der Waals surface area (Å²) in [5.74, 6) is -0.398. The van der Waals surface area contributed by atoms with Crippen molar-refractivity contribution in [2.75, 3.05) is 99.6 Å². The van der Waals surface area contributed by atoms with Crippen LogP contribution in [0.3, 0.4) is 0 Å². The van der Waals surface area contributed by atoms with Gasteiger partial charge < -0.3 is 37.9 Å². The molecule has 168 valence electrons. The van der Waals surface area contributed by atoms with Crippen LogP contribution in [0, 0.1) is 0 Å². The van der Waals surface area contributed by atoms with Crippen LogP contribution in [0.2, 0.25) is 0 Å². The quantitative estimate of drug-likeness (QED) is 0.181. The highest BCUT2D eigenvalue weighted by Gasteiger charge is 1.99. The Bertz CT molecular complexity index is 316. The SMILES string of the molecule is CCCCOCCOCCOCCOCCOCCOCCOCC(=O)OC. The van der Waals surface area contributed by atoms with Crippen LogP contribution in [0.4, 0.5) is 0 Å². The molecule has 0 unspecified atom stereocenters. The molecule has 0 bridgehead atoms. The second-order valence-corrected chi connectivity index (χ2v) is 5.66. The third kappa shape index (κ3) is 23.2. The fourth-order valence-corrected chi connectivity index (χ4v) is 1.78. The van der Waals surface area contributed by atoms with Crippen LogP contribution in [-0.2, 0) is 42.7 Å². The zero-order chi connectivity index (χ0) is 20.5. The molecule has 0 radical (unpaired) electrons. The molecule has 0 aliphatic rings. The van der Waals surface area contributed by atoms with Crippen LogP contribution >= 0.6 is 0 Å². The van der Waals surface area contributed by atoms with Crippen LogP contribution in [0.15, 0.2) is 0 Å². The predicted molar refractivity (Wildman–Crippen MR) is 103 cm³/mol. The van der Waals surface area contributed by atoms with Gasteiger partial charge >= 0.3 is 5.97 Å². The van der Waals surface area contributed by atoms with Gasteiger partial charge in [-0.15, -0.1) is 0 Å². The Morgan fingerprint density at radius 3 is 1.18 bits per heavy atom. The first-order valence-corrected chi connectivity index (χ1v) is 9.92. The predicted octanol–water partition coefficient (Wildman–Crippen LogP) is 1.08. The lowest BCUT2D eigenvalue weighted by Gasteiger charge is -2.08. The highest BCUT2D eigenvalue weighted by atomic mass is 16.6. The zero-order valence-corrected chi connectivity index (χ0v) is 17.5. The van der Waals surface area contributed by atoms with Gasteiger partial charge in [-0.25, -0.2) is 4.79 Å². The van der Waals surface area contributed by atoms with E-state index in [0.717, 1.165) is 19.4 Å². The smallest absolute Gasteiger partial charge is 0.331 e. The molecule has 0 aliphatic heterocycles. The van der Waals surface area contributed by atoms with Gasteiger partial charge in [0, 0.05) is 6.61 Å². The highest BCUT2D eigenvalue weighted by Crippen LogP contribution is 1.88. The molecule has 0 fully saturated rings. The van der Waals surface area contributed by atoms with Crippen molar-refractivity contribution in [2.24, 2.45) is 0 Å². The van der Waals surface area contributed by atoms with Crippen molar-refractivity contribution in [3.8, 4) is 0 Å². The minimum Gasteiger partial charge on any atom is -0.467 e. The molecule has 0 saturated heterocycles. The monoisotopic (exact) mass is 410 g/mol. The summed E-state index contributed by atoms with van der Waals surface area (Å²) in [4.78, 5) is 10.8. The van der Waals surface area contributed by atoms with Crippen molar-refractivity contribution in [3.05, 3.63) is 0 Å². The van der Waals surface area contributed by atoms with Crippen molar-refractivity contribution in [3.63, 3.8) is 0 Å². The lowest BCUT2D eigenvalue weighted by Crippen LogP contribution is -2.15. The van der Waals surface area contributed by atoms with Gasteiger partial charge in [0.25, 0.3) is 0 Å². The van der Waals surface area contributed by atoms with Crippen molar-refractivity contribution in [1.29, 1.82) is 0 Å². The molecule has 0 saturated carbocycles. The van der Waals surface area contributed by atoms with E-state index in [1.165, 1.54) is 7.11 Å². The topological polar surface area (TPSA) is 90.9 Å². The fraction of sp³-hybridized carbons (Fsp3) is 0.947. The third-order valence-corrected chi connectivity index (χ3v) is 3.32. The third-order valence-electron chi connectivity index (χ3n) is 3.32. The van der Waals surface area contributed by atoms with E-state index in [2.05, 4.69) is 11.7 Å². The Hall–Kier alpha value is -0.810. The van der Waals surface area contributed by atoms with Crippen LogP contribution < -0.4 is 0 Å². The van der Waals surface area contributed by atoms with Gasteiger partial charge in [0.15, 0.2) is 0 Å². The van der Waals surface area contributed by atoms with E-state index in [9.17, 15) is 4.79 Å². The standard InChI is InChI=1S/C19H38O9/c1-3-4-5-22-6-7-23-8-9-24-10-11-25-12-13-26-14-15-27-16-17-28-18-19(20)21-2/h3-18H2,1-2H3. The second-order valence-electron chi connectivity index (χ2n) is 5.66. The first-order valence-electron chi connectivity index (χ1n) is 9.92. The van der Waals surface area contributed by atoms with E-state index in [1.54, 1.807) is 0 Å². The lowest BCUT2D eigenvalue weighted by atomic mass is 10.4. The van der Waals surface area contributed by atoms with E-state index in [0.29, 0.717) is 79.3 Å². The molecule has 0 aromatic heterocycles. The number of carbonyl (C=O) groups excluding carboxylic acids is 1. The maximum Gasteiger partial charge on any atom is 0.331 e. The van der Waals surface area contributed by atoms with Gasteiger partial charge in [-0.2, -0.15) is 0 Å². The number of carbonyl (C=O) groups is 1. The molecule has 0 atom stereocenters. The molecular formula is C19H38O9. The Morgan fingerprint density at radius 2 is 0.857 bits per heavy atom. The first-order chi connectivity index (χ1) is 13.8. The number of unbranched alkanes of at least 4 members (excludes halogenated alkanes) is 1. The summed E-state index contributed by atoms with van der Waals surface area (Å²) in [7, 11) is 1.32. The second kappa shape index (κ2) is 24.2. The number of rotatable bonds is 23. The van der Waals surface area contributed by atoms with E-state index in [-0.39, 0.29) is 6.61 Å². The summed E-state index contributed by atoms with van der Waals surface area (Å²) < 4.78 is 41.7. The molecule has 0 aromatic carbocycles. The Labute approximate surface area is 168 Å². The summed E-state index contributed by atoms with van der Waals surface area (Å²) in [6.45, 7) is 9.01. The molecule has 0 amide bonds. The highest BCUT2D eigenvalue weighted by molar-refractivity contribution is 5.70. The van der Waals surface area contributed by atoms with Gasteiger partial charge in [0.2, 0.25) is 0 Å². The lowest BCUT2D eigenvalue weighted by molar-refractivity contribution is -0.146. The normalized spacial score (nSPS) is 11.1. The van der Waals surface area contributed by atoms with Crippen molar-refractivity contribution in [2.45, 2.75) is 19.8 Å². The largest absolute Gasteiger partial charge is 0.467 e. The minimum atomic E-state index is -0.398. The summed E-state index contributed by atoms with van der Waals surface area (Å²) in [5, 5.41) is 0. The van der Waals surface area contributed by atoms with E-state index in [1.807, 2.05) is 0 Å².